The number of amides is 1. The molecule has 1 aliphatic heterocycles. The molecule has 1 aromatic carbocycles. The molecule has 0 saturated carbocycles. The Morgan fingerprint density at radius 3 is 2.48 bits per heavy atom. The fourth-order valence-corrected chi connectivity index (χ4v) is 2.29. The van der Waals surface area contributed by atoms with E-state index in [0.29, 0.717) is 19.0 Å². The molecule has 0 radical (unpaired) electrons. The van der Waals surface area contributed by atoms with Gasteiger partial charge in [0.2, 0.25) is 0 Å². The maximum atomic E-state index is 12.3. The van der Waals surface area contributed by atoms with Gasteiger partial charge in [0.05, 0.1) is 5.69 Å². The van der Waals surface area contributed by atoms with E-state index in [1.807, 2.05) is 0 Å². The average molecular weight is 302 g/mol. The average Bonchev–Trinajstić information content (AvgIpc) is 2.40. The molecule has 1 heterocycles. The molecule has 0 aromatic heterocycles. The molecule has 1 aromatic rings. The van der Waals surface area contributed by atoms with Crippen LogP contribution in [0.25, 0.3) is 0 Å². The first kappa shape index (κ1) is 15.5. The van der Waals surface area contributed by atoms with Gasteiger partial charge in [-0.2, -0.15) is 0 Å². The van der Waals surface area contributed by atoms with Gasteiger partial charge in [0.15, 0.2) is 5.75 Å². The van der Waals surface area contributed by atoms with E-state index in [4.69, 9.17) is 5.73 Å². The van der Waals surface area contributed by atoms with Gasteiger partial charge in [-0.25, -0.2) is 0 Å². The number of nitrogens with two attached hydrogens (primary N) is 1. The second-order valence-corrected chi connectivity index (χ2v) is 5.28. The first-order chi connectivity index (χ1) is 9.76. The highest BCUT2D eigenvalue weighted by atomic mass is 19.4. The largest absolute Gasteiger partial charge is 0.573 e. The Morgan fingerprint density at radius 1 is 1.33 bits per heavy atom. The van der Waals surface area contributed by atoms with Crippen molar-refractivity contribution >= 4 is 11.6 Å². The van der Waals surface area contributed by atoms with Crippen LogP contribution >= 0.6 is 0 Å². The highest BCUT2D eigenvalue weighted by Crippen LogP contribution is 2.29. The van der Waals surface area contributed by atoms with Crippen LogP contribution in [0.15, 0.2) is 18.2 Å². The van der Waals surface area contributed by atoms with Crippen LogP contribution in [0.5, 0.6) is 5.75 Å². The van der Waals surface area contributed by atoms with Gasteiger partial charge in [0.1, 0.15) is 0 Å². The summed E-state index contributed by atoms with van der Waals surface area (Å²) < 4.78 is 40.2. The van der Waals surface area contributed by atoms with E-state index < -0.39 is 12.1 Å². The highest BCUT2D eigenvalue weighted by Gasteiger charge is 2.32. The molecule has 4 nitrogen and oxygen atoms in total. The van der Waals surface area contributed by atoms with Crippen molar-refractivity contribution in [3.63, 3.8) is 0 Å². The maximum absolute atomic E-state index is 12.3. The zero-order chi connectivity index (χ0) is 15.6. The van der Waals surface area contributed by atoms with E-state index in [9.17, 15) is 18.0 Å². The number of likely N-dealkylation sites (tertiary alicyclic amines) is 1. The van der Waals surface area contributed by atoms with E-state index >= 15 is 0 Å². The van der Waals surface area contributed by atoms with E-state index in [1.165, 1.54) is 12.1 Å². The van der Waals surface area contributed by atoms with Gasteiger partial charge < -0.3 is 15.4 Å². The standard InChI is InChI=1S/C14H17F3N2O2/c1-9-4-6-19(7-5-9)13(20)10-2-3-12(11(18)8-10)21-14(15,16)17/h2-3,8-9H,4-7,18H2,1H3. The van der Waals surface area contributed by atoms with Crippen molar-refractivity contribution in [2.45, 2.75) is 26.1 Å². The van der Waals surface area contributed by atoms with Crippen LogP contribution in [0, 0.1) is 5.92 Å². The number of carbonyl (C=O) groups excluding carboxylic acids is 1. The third-order valence-corrected chi connectivity index (χ3v) is 3.55. The summed E-state index contributed by atoms with van der Waals surface area (Å²) in [6.45, 7) is 3.44. The van der Waals surface area contributed by atoms with Crippen LogP contribution in [0.4, 0.5) is 18.9 Å². The Kier molecular flexibility index (Phi) is 4.29. The lowest BCUT2D eigenvalue weighted by Gasteiger charge is -2.30. The van der Waals surface area contributed by atoms with Gasteiger partial charge in [-0.3, -0.25) is 4.79 Å². The summed E-state index contributed by atoms with van der Waals surface area (Å²) in [4.78, 5) is 14.0. The number of hydrogen-bond acceptors (Lipinski definition) is 3. The summed E-state index contributed by atoms with van der Waals surface area (Å²) >= 11 is 0. The van der Waals surface area contributed by atoms with E-state index in [-0.39, 0.29) is 17.2 Å². The summed E-state index contributed by atoms with van der Waals surface area (Å²) in [5.41, 5.74) is 5.59. The Bertz CT molecular complexity index is 523. The lowest BCUT2D eigenvalue weighted by Crippen LogP contribution is -2.37. The lowest BCUT2D eigenvalue weighted by molar-refractivity contribution is -0.274. The van der Waals surface area contributed by atoms with Gasteiger partial charge in [-0.05, 0) is 37.0 Å². The molecule has 0 unspecified atom stereocenters. The number of benzene rings is 1. The van der Waals surface area contributed by atoms with Crippen LogP contribution in [-0.4, -0.2) is 30.3 Å². The predicted octanol–water partition coefficient (Wildman–Crippen LogP) is 3.04. The topological polar surface area (TPSA) is 55.6 Å². The Labute approximate surface area is 120 Å². The highest BCUT2D eigenvalue weighted by molar-refractivity contribution is 5.95. The molecule has 0 bridgehead atoms. The first-order valence-electron chi connectivity index (χ1n) is 6.71. The Hall–Kier alpha value is -1.92. The fraction of sp³-hybridized carbons (Fsp3) is 0.500. The first-order valence-corrected chi connectivity index (χ1v) is 6.71. The SMILES string of the molecule is CC1CCN(C(=O)c2ccc(OC(F)(F)F)c(N)c2)CC1. The van der Waals surface area contributed by atoms with Crippen molar-refractivity contribution in [2.75, 3.05) is 18.8 Å². The molecule has 116 valence electrons. The molecule has 2 rings (SSSR count). The van der Waals surface area contributed by atoms with Gasteiger partial charge in [0, 0.05) is 18.7 Å². The molecule has 2 N–H and O–H groups in total. The van der Waals surface area contributed by atoms with Gasteiger partial charge in [-0.1, -0.05) is 6.92 Å². The molecule has 0 atom stereocenters. The van der Waals surface area contributed by atoms with Crippen LogP contribution in [0.1, 0.15) is 30.1 Å². The minimum Gasteiger partial charge on any atom is -0.404 e. The number of nitrogens with zero attached hydrogens (tertiary/aromatic N) is 1. The number of anilines is 1. The van der Waals surface area contributed by atoms with E-state index in [2.05, 4.69) is 11.7 Å². The molecular weight excluding hydrogens is 285 g/mol. The number of halogens is 3. The molecule has 1 saturated heterocycles. The van der Waals surface area contributed by atoms with Gasteiger partial charge in [-0.15, -0.1) is 13.2 Å². The number of piperidine rings is 1. The molecule has 1 amide bonds. The quantitative estimate of drug-likeness (QED) is 0.854. The smallest absolute Gasteiger partial charge is 0.404 e. The number of hydrogen-bond donors (Lipinski definition) is 1. The Balaban J connectivity index is 2.10. The van der Waals surface area contributed by atoms with Crippen LogP contribution in [-0.2, 0) is 0 Å². The number of carbonyl (C=O) groups is 1. The van der Waals surface area contributed by atoms with Gasteiger partial charge in [0.25, 0.3) is 5.91 Å². The van der Waals surface area contributed by atoms with Crippen molar-refractivity contribution in [1.82, 2.24) is 4.90 Å². The summed E-state index contributed by atoms with van der Waals surface area (Å²) in [5, 5.41) is 0. The lowest BCUT2D eigenvalue weighted by atomic mass is 9.98. The minimum absolute atomic E-state index is 0.205. The normalized spacial score (nSPS) is 16.9. The maximum Gasteiger partial charge on any atom is 0.573 e. The minimum atomic E-state index is -4.80. The summed E-state index contributed by atoms with van der Waals surface area (Å²) in [7, 11) is 0. The zero-order valence-electron chi connectivity index (χ0n) is 11.6. The summed E-state index contributed by atoms with van der Waals surface area (Å²) in [6, 6.07) is 3.60. The van der Waals surface area contributed by atoms with Crippen LogP contribution in [0.3, 0.4) is 0 Å². The number of ether oxygens (including phenoxy) is 1. The third kappa shape index (κ3) is 4.03. The monoisotopic (exact) mass is 302 g/mol. The molecule has 0 spiro atoms. The second-order valence-electron chi connectivity index (χ2n) is 5.28. The molecular formula is C14H17F3N2O2. The van der Waals surface area contributed by atoms with E-state index in [1.54, 1.807) is 4.90 Å². The molecule has 7 heteroatoms. The van der Waals surface area contributed by atoms with Crippen molar-refractivity contribution in [2.24, 2.45) is 5.92 Å². The number of rotatable bonds is 2. The molecule has 0 aliphatic carbocycles. The van der Waals surface area contributed by atoms with Crippen molar-refractivity contribution in [1.29, 1.82) is 0 Å². The van der Waals surface area contributed by atoms with E-state index in [0.717, 1.165) is 18.9 Å². The number of alkyl halides is 3. The van der Waals surface area contributed by atoms with Crippen LogP contribution < -0.4 is 10.5 Å². The van der Waals surface area contributed by atoms with Crippen molar-refractivity contribution < 1.29 is 22.7 Å². The molecule has 1 aliphatic rings. The summed E-state index contributed by atoms with van der Waals surface area (Å²) in [6.07, 6.45) is -2.95. The third-order valence-electron chi connectivity index (χ3n) is 3.55. The second kappa shape index (κ2) is 5.83. The molecule has 21 heavy (non-hydrogen) atoms. The summed E-state index contributed by atoms with van der Waals surface area (Å²) in [5.74, 6) is -0.125. The van der Waals surface area contributed by atoms with Crippen LogP contribution in [0.2, 0.25) is 0 Å². The number of nitrogen functional groups attached to an aromatic ring is 1. The van der Waals surface area contributed by atoms with Crippen molar-refractivity contribution in [3.05, 3.63) is 23.8 Å². The fourth-order valence-electron chi connectivity index (χ4n) is 2.29. The zero-order valence-corrected chi connectivity index (χ0v) is 11.6. The molecule has 1 fully saturated rings. The van der Waals surface area contributed by atoms with Gasteiger partial charge >= 0.3 is 6.36 Å². The Morgan fingerprint density at radius 2 is 1.95 bits per heavy atom. The van der Waals surface area contributed by atoms with Crippen molar-refractivity contribution in [3.8, 4) is 5.75 Å². The predicted molar refractivity (Wildman–Crippen MR) is 71.8 cm³/mol.